The van der Waals surface area contributed by atoms with Crippen molar-refractivity contribution in [2.75, 3.05) is 13.1 Å². The van der Waals surface area contributed by atoms with Gasteiger partial charge in [-0.2, -0.15) is 5.10 Å². The standard InChI is InChI=1S/C17H18FN3O4/c1-3-20(9-8-15(23)24)17(25)16-14(22)10-11(2)21(19-16)13-7-5-4-6-12(13)18/h4-7,10H,3,8-9H2,1-2H3,(H,23,24). The van der Waals surface area contributed by atoms with Crippen molar-refractivity contribution in [2.45, 2.75) is 20.3 Å². The second kappa shape index (κ2) is 7.69. The van der Waals surface area contributed by atoms with Crippen LogP contribution in [-0.4, -0.2) is 44.8 Å². The second-order valence-corrected chi connectivity index (χ2v) is 5.39. The number of carbonyl (C=O) groups is 2. The molecule has 7 nitrogen and oxygen atoms in total. The number of para-hydroxylation sites is 1. The first-order valence-electron chi connectivity index (χ1n) is 7.72. The Hall–Kier alpha value is -3.03. The molecule has 2 rings (SSSR count). The predicted molar refractivity (Wildman–Crippen MR) is 88.4 cm³/mol. The first kappa shape index (κ1) is 18.3. The monoisotopic (exact) mass is 347 g/mol. The fourth-order valence-corrected chi connectivity index (χ4v) is 2.35. The van der Waals surface area contributed by atoms with Crippen molar-refractivity contribution >= 4 is 11.9 Å². The van der Waals surface area contributed by atoms with Crippen LogP contribution in [0.1, 0.15) is 29.5 Å². The molecule has 1 N–H and O–H groups in total. The lowest BCUT2D eigenvalue weighted by Gasteiger charge is -2.20. The molecule has 0 spiro atoms. The van der Waals surface area contributed by atoms with Gasteiger partial charge in [0.1, 0.15) is 11.5 Å². The maximum atomic E-state index is 14.0. The molecule has 0 aliphatic heterocycles. The molecule has 0 unspecified atom stereocenters. The molecule has 0 atom stereocenters. The third kappa shape index (κ3) is 4.09. The molecule has 0 aliphatic carbocycles. The molecule has 0 fully saturated rings. The summed E-state index contributed by atoms with van der Waals surface area (Å²) < 4.78 is 15.2. The van der Waals surface area contributed by atoms with Crippen LogP contribution in [0.15, 0.2) is 35.1 Å². The lowest BCUT2D eigenvalue weighted by atomic mass is 10.2. The van der Waals surface area contributed by atoms with E-state index in [9.17, 15) is 18.8 Å². The molecular formula is C17H18FN3O4. The van der Waals surface area contributed by atoms with E-state index in [1.807, 2.05) is 0 Å². The normalized spacial score (nSPS) is 10.5. The van der Waals surface area contributed by atoms with Crippen molar-refractivity contribution in [2.24, 2.45) is 0 Å². The first-order valence-corrected chi connectivity index (χ1v) is 7.72. The van der Waals surface area contributed by atoms with Crippen molar-refractivity contribution in [3.8, 4) is 5.69 Å². The van der Waals surface area contributed by atoms with Crippen LogP contribution in [0.2, 0.25) is 0 Å². The molecule has 25 heavy (non-hydrogen) atoms. The number of aryl methyl sites for hydroxylation is 1. The number of halogens is 1. The van der Waals surface area contributed by atoms with Gasteiger partial charge in [0.15, 0.2) is 5.69 Å². The number of rotatable bonds is 6. The van der Waals surface area contributed by atoms with Crippen LogP contribution in [0.5, 0.6) is 0 Å². The summed E-state index contributed by atoms with van der Waals surface area (Å²) in [5.41, 5.74) is -0.479. The highest BCUT2D eigenvalue weighted by atomic mass is 19.1. The Labute approximate surface area is 143 Å². The van der Waals surface area contributed by atoms with Gasteiger partial charge < -0.3 is 10.0 Å². The highest BCUT2D eigenvalue weighted by Gasteiger charge is 2.21. The molecule has 0 bridgehead atoms. The topological polar surface area (TPSA) is 92.5 Å². The maximum absolute atomic E-state index is 14.0. The molecule has 1 aromatic heterocycles. The van der Waals surface area contributed by atoms with Gasteiger partial charge in [-0.05, 0) is 26.0 Å². The Kier molecular flexibility index (Phi) is 5.63. The number of carboxylic acid groups (broad SMARTS) is 1. The van der Waals surface area contributed by atoms with E-state index in [2.05, 4.69) is 5.10 Å². The summed E-state index contributed by atoms with van der Waals surface area (Å²) in [6.45, 7) is 3.43. The lowest BCUT2D eigenvalue weighted by molar-refractivity contribution is -0.137. The highest BCUT2D eigenvalue weighted by molar-refractivity contribution is 5.92. The molecule has 8 heteroatoms. The van der Waals surface area contributed by atoms with E-state index < -0.39 is 23.1 Å². The van der Waals surface area contributed by atoms with Crippen LogP contribution in [0.3, 0.4) is 0 Å². The Morgan fingerprint density at radius 2 is 2.00 bits per heavy atom. The van der Waals surface area contributed by atoms with Crippen molar-refractivity contribution < 1.29 is 19.1 Å². The van der Waals surface area contributed by atoms with Gasteiger partial charge in [-0.25, -0.2) is 9.07 Å². The number of hydrogen-bond acceptors (Lipinski definition) is 4. The van der Waals surface area contributed by atoms with E-state index in [4.69, 9.17) is 5.11 Å². The van der Waals surface area contributed by atoms with Crippen LogP contribution in [0, 0.1) is 12.7 Å². The van der Waals surface area contributed by atoms with E-state index in [1.165, 1.54) is 33.8 Å². The Balaban J connectivity index is 2.46. The zero-order chi connectivity index (χ0) is 18.6. The zero-order valence-corrected chi connectivity index (χ0v) is 13.9. The molecule has 0 radical (unpaired) electrons. The average molecular weight is 347 g/mol. The summed E-state index contributed by atoms with van der Waals surface area (Å²) >= 11 is 0. The number of carboxylic acids is 1. The number of aromatic nitrogens is 2. The molecule has 2 aromatic rings. The fraction of sp³-hybridized carbons (Fsp3) is 0.294. The largest absolute Gasteiger partial charge is 0.481 e. The van der Waals surface area contributed by atoms with Crippen LogP contribution >= 0.6 is 0 Å². The minimum Gasteiger partial charge on any atom is -0.481 e. The quantitative estimate of drug-likeness (QED) is 0.857. The SMILES string of the molecule is CCN(CCC(=O)O)C(=O)c1nn(-c2ccccc2F)c(C)cc1=O. The van der Waals surface area contributed by atoms with Gasteiger partial charge in [0.2, 0.25) is 5.43 Å². The molecule has 0 aliphatic rings. The third-order valence-corrected chi connectivity index (χ3v) is 3.66. The van der Waals surface area contributed by atoms with Crippen LogP contribution in [-0.2, 0) is 4.79 Å². The number of nitrogens with zero attached hydrogens (tertiary/aromatic N) is 3. The molecule has 1 amide bonds. The van der Waals surface area contributed by atoms with Crippen LogP contribution in [0.4, 0.5) is 4.39 Å². The molecule has 0 saturated heterocycles. The van der Waals surface area contributed by atoms with E-state index in [1.54, 1.807) is 19.9 Å². The van der Waals surface area contributed by atoms with Gasteiger partial charge in [-0.1, -0.05) is 12.1 Å². The van der Waals surface area contributed by atoms with E-state index in [0.29, 0.717) is 5.69 Å². The van der Waals surface area contributed by atoms with Crippen molar-refractivity contribution in [3.63, 3.8) is 0 Å². The smallest absolute Gasteiger partial charge is 0.305 e. The summed E-state index contributed by atoms with van der Waals surface area (Å²) in [5, 5.41) is 12.8. The third-order valence-electron chi connectivity index (χ3n) is 3.66. The zero-order valence-electron chi connectivity index (χ0n) is 13.9. The minimum absolute atomic E-state index is 0.0423. The molecular weight excluding hydrogens is 329 g/mol. The van der Waals surface area contributed by atoms with Gasteiger partial charge in [0.05, 0.1) is 6.42 Å². The Morgan fingerprint density at radius 3 is 2.60 bits per heavy atom. The minimum atomic E-state index is -1.05. The van der Waals surface area contributed by atoms with E-state index in [0.717, 1.165) is 0 Å². The number of aliphatic carboxylic acids is 1. The van der Waals surface area contributed by atoms with Crippen LogP contribution < -0.4 is 5.43 Å². The van der Waals surface area contributed by atoms with Gasteiger partial charge in [-0.15, -0.1) is 0 Å². The van der Waals surface area contributed by atoms with E-state index in [-0.39, 0.29) is 30.9 Å². The number of carbonyl (C=O) groups excluding carboxylic acids is 1. The molecule has 1 heterocycles. The summed E-state index contributed by atoms with van der Waals surface area (Å²) in [4.78, 5) is 36.7. The summed E-state index contributed by atoms with van der Waals surface area (Å²) in [7, 11) is 0. The van der Waals surface area contributed by atoms with Crippen molar-refractivity contribution in [1.29, 1.82) is 0 Å². The molecule has 132 valence electrons. The average Bonchev–Trinajstić information content (AvgIpc) is 2.56. The van der Waals surface area contributed by atoms with Crippen molar-refractivity contribution in [3.05, 3.63) is 57.8 Å². The lowest BCUT2D eigenvalue weighted by Crippen LogP contribution is -2.37. The van der Waals surface area contributed by atoms with Crippen molar-refractivity contribution in [1.82, 2.24) is 14.7 Å². The molecule has 1 aromatic carbocycles. The van der Waals surface area contributed by atoms with Crippen LogP contribution in [0.25, 0.3) is 5.69 Å². The highest BCUT2D eigenvalue weighted by Crippen LogP contribution is 2.13. The maximum Gasteiger partial charge on any atom is 0.305 e. The fourth-order valence-electron chi connectivity index (χ4n) is 2.35. The number of amides is 1. The van der Waals surface area contributed by atoms with Gasteiger partial charge in [-0.3, -0.25) is 14.4 Å². The predicted octanol–water partition coefficient (Wildman–Crippen LogP) is 1.62. The number of hydrogen-bond donors (Lipinski definition) is 1. The van der Waals surface area contributed by atoms with Gasteiger partial charge in [0, 0.05) is 24.8 Å². The Morgan fingerprint density at radius 1 is 1.32 bits per heavy atom. The summed E-state index contributed by atoms with van der Waals surface area (Å²) in [6, 6.07) is 7.08. The number of benzene rings is 1. The Bertz CT molecular complexity index is 863. The second-order valence-electron chi connectivity index (χ2n) is 5.39. The van der Waals surface area contributed by atoms with Gasteiger partial charge in [0.25, 0.3) is 5.91 Å². The summed E-state index contributed by atoms with van der Waals surface area (Å²) in [5.74, 6) is -2.27. The van der Waals surface area contributed by atoms with Gasteiger partial charge >= 0.3 is 5.97 Å². The van der Waals surface area contributed by atoms with E-state index >= 15 is 0 Å². The summed E-state index contributed by atoms with van der Waals surface area (Å²) in [6.07, 6.45) is -0.243. The first-order chi connectivity index (χ1) is 11.8. The molecule has 0 saturated carbocycles.